The molecule has 2 heterocycles. The molecule has 0 aliphatic rings. The molecule has 0 radical (unpaired) electrons. The first-order chi connectivity index (χ1) is 7.15. The van der Waals surface area contributed by atoms with E-state index in [9.17, 15) is 8.78 Å². The molecule has 0 unspecified atom stereocenters. The zero-order chi connectivity index (χ0) is 10.8. The van der Waals surface area contributed by atoms with Gasteiger partial charge in [0.1, 0.15) is 0 Å². The maximum atomic E-state index is 12.0. The number of alkyl halides is 2. The number of halogens is 2. The highest BCUT2D eigenvalue weighted by Crippen LogP contribution is 2.15. The number of aromatic amines is 1. The zero-order valence-electron chi connectivity index (χ0n) is 7.87. The van der Waals surface area contributed by atoms with Crippen LogP contribution in [0.2, 0.25) is 0 Å². The Labute approximate surface area is 83.5 Å². The molecule has 2 aromatic heterocycles. The van der Waals surface area contributed by atoms with Crippen LogP contribution in [0.15, 0.2) is 10.6 Å². The highest BCUT2D eigenvalue weighted by Gasteiger charge is 2.14. The molecular formula is C8H8F2N4O. The summed E-state index contributed by atoms with van der Waals surface area (Å²) in [6.07, 6.45) is -2.98. The number of rotatable bonds is 3. The van der Waals surface area contributed by atoms with E-state index in [0.29, 0.717) is 5.69 Å². The van der Waals surface area contributed by atoms with E-state index in [4.69, 9.17) is 4.52 Å². The topological polar surface area (TPSA) is 67.6 Å². The Morgan fingerprint density at radius 2 is 2.33 bits per heavy atom. The number of hydrogen-bond acceptors (Lipinski definition) is 4. The highest BCUT2D eigenvalue weighted by atomic mass is 19.3. The van der Waals surface area contributed by atoms with Gasteiger partial charge in [-0.15, -0.1) is 0 Å². The summed E-state index contributed by atoms with van der Waals surface area (Å²) in [7, 11) is 0. The van der Waals surface area contributed by atoms with Gasteiger partial charge in [0, 0.05) is 5.69 Å². The molecule has 0 atom stereocenters. The predicted molar refractivity (Wildman–Crippen MR) is 46.3 cm³/mol. The molecule has 0 aliphatic heterocycles. The molecule has 5 nitrogen and oxygen atoms in total. The van der Waals surface area contributed by atoms with Crippen molar-refractivity contribution < 1.29 is 13.3 Å². The van der Waals surface area contributed by atoms with Gasteiger partial charge in [0.05, 0.1) is 6.42 Å². The molecule has 0 aliphatic carbocycles. The van der Waals surface area contributed by atoms with Gasteiger partial charge >= 0.3 is 0 Å². The summed E-state index contributed by atoms with van der Waals surface area (Å²) in [5.74, 6) is 0.135. The average Bonchev–Trinajstić information content (AvgIpc) is 2.72. The minimum absolute atomic E-state index is 0.0133. The first-order valence-electron chi connectivity index (χ1n) is 4.28. The Balaban J connectivity index is 2.20. The molecule has 80 valence electrons. The van der Waals surface area contributed by atoms with E-state index >= 15 is 0 Å². The van der Waals surface area contributed by atoms with Crippen molar-refractivity contribution in [2.24, 2.45) is 0 Å². The van der Waals surface area contributed by atoms with E-state index in [1.807, 2.05) is 6.92 Å². The Morgan fingerprint density at radius 1 is 1.53 bits per heavy atom. The van der Waals surface area contributed by atoms with Crippen molar-refractivity contribution in [2.75, 3.05) is 0 Å². The number of aryl methyl sites for hydroxylation is 1. The smallest absolute Gasteiger partial charge is 0.278 e. The number of H-pyrrole nitrogens is 1. The molecule has 0 aromatic carbocycles. The second-order valence-corrected chi connectivity index (χ2v) is 3.05. The Bertz CT molecular complexity index is 451. The normalized spacial score (nSPS) is 11.2. The van der Waals surface area contributed by atoms with Crippen LogP contribution in [-0.4, -0.2) is 26.8 Å². The molecule has 15 heavy (non-hydrogen) atoms. The molecule has 1 N–H and O–H groups in total. The first kappa shape index (κ1) is 9.75. The van der Waals surface area contributed by atoms with Gasteiger partial charge < -0.3 is 4.52 Å². The van der Waals surface area contributed by atoms with Gasteiger partial charge in [-0.25, -0.2) is 8.78 Å². The largest absolute Gasteiger partial charge is 0.332 e. The number of nitrogens with zero attached hydrogens (tertiary/aromatic N) is 3. The predicted octanol–water partition coefficient (Wildman–Crippen LogP) is 1.58. The fourth-order valence-corrected chi connectivity index (χ4v) is 1.11. The lowest BCUT2D eigenvalue weighted by Crippen LogP contribution is -1.98. The molecular weight excluding hydrogens is 206 g/mol. The molecule has 2 aromatic rings. The molecule has 0 saturated carbocycles. The van der Waals surface area contributed by atoms with Crippen LogP contribution in [0, 0.1) is 6.92 Å². The van der Waals surface area contributed by atoms with Gasteiger partial charge in [-0.1, -0.05) is 5.16 Å². The average molecular weight is 214 g/mol. The molecule has 0 amide bonds. The quantitative estimate of drug-likeness (QED) is 0.842. The molecule has 2 rings (SSSR count). The van der Waals surface area contributed by atoms with Gasteiger partial charge in [-0.2, -0.15) is 10.1 Å². The van der Waals surface area contributed by atoms with Crippen molar-refractivity contribution in [1.82, 2.24) is 20.3 Å². The van der Waals surface area contributed by atoms with Crippen LogP contribution < -0.4 is 0 Å². The van der Waals surface area contributed by atoms with Crippen molar-refractivity contribution in [3.05, 3.63) is 17.6 Å². The third-order valence-electron chi connectivity index (χ3n) is 1.73. The fraction of sp³-hybridized carbons (Fsp3) is 0.375. The second kappa shape index (κ2) is 3.76. The number of aromatic nitrogens is 4. The third-order valence-corrected chi connectivity index (χ3v) is 1.73. The summed E-state index contributed by atoms with van der Waals surface area (Å²) in [6, 6.07) is 1.69. The van der Waals surface area contributed by atoms with Crippen molar-refractivity contribution in [3.63, 3.8) is 0 Å². The minimum atomic E-state index is -2.48. The third kappa shape index (κ3) is 2.17. The van der Waals surface area contributed by atoms with E-state index in [-0.39, 0.29) is 11.7 Å². The standard InChI is InChI=1S/C8H8F2N4O/c1-4-2-5(13-12-4)8-11-7(14-15-8)3-6(9)10/h2,6H,3H2,1H3,(H,12,13). The summed E-state index contributed by atoms with van der Waals surface area (Å²) in [4.78, 5) is 3.79. The van der Waals surface area contributed by atoms with Gasteiger partial charge in [0.2, 0.25) is 6.43 Å². The molecule has 0 spiro atoms. The maximum absolute atomic E-state index is 12.0. The molecule has 0 fully saturated rings. The van der Waals surface area contributed by atoms with Crippen LogP contribution in [0.25, 0.3) is 11.6 Å². The van der Waals surface area contributed by atoms with Crippen molar-refractivity contribution in [2.45, 2.75) is 19.8 Å². The lowest BCUT2D eigenvalue weighted by molar-refractivity contribution is 0.145. The van der Waals surface area contributed by atoms with E-state index in [1.165, 1.54) is 0 Å². The van der Waals surface area contributed by atoms with Crippen LogP contribution in [0.3, 0.4) is 0 Å². The zero-order valence-corrected chi connectivity index (χ0v) is 7.87. The van der Waals surface area contributed by atoms with Gasteiger partial charge in [0.15, 0.2) is 11.5 Å². The summed E-state index contributed by atoms with van der Waals surface area (Å²) < 4.78 is 28.8. The maximum Gasteiger partial charge on any atom is 0.278 e. The van der Waals surface area contributed by atoms with E-state index in [0.717, 1.165) is 5.69 Å². The van der Waals surface area contributed by atoms with Gasteiger partial charge in [-0.05, 0) is 13.0 Å². The van der Waals surface area contributed by atoms with Crippen molar-refractivity contribution in [3.8, 4) is 11.6 Å². The van der Waals surface area contributed by atoms with E-state index < -0.39 is 12.8 Å². The summed E-state index contributed by atoms with van der Waals surface area (Å²) in [5, 5.41) is 9.98. The van der Waals surface area contributed by atoms with Gasteiger partial charge in [0.25, 0.3) is 5.89 Å². The lowest BCUT2D eigenvalue weighted by atomic mass is 10.4. The van der Waals surface area contributed by atoms with Crippen LogP contribution in [-0.2, 0) is 6.42 Å². The van der Waals surface area contributed by atoms with Crippen molar-refractivity contribution >= 4 is 0 Å². The van der Waals surface area contributed by atoms with Crippen molar-refractivity contribution in [1.29, 1.82) is 0 Å². The molecule has 0 bridgehead atoms. The van der Waals surface area contributed by atoms with E-state index in [1.54, 1.807) is 6.07 Å². The number of nitrogens with one attached hydrogen (secondary N) is 1. The molecule has 0 saturated heterocycles. The SMILES string of the molecule is Cc1cc(-c2nc(CC(F)F)no2)n[nH]1. The minimum Gasteiger partial charge on any atom is -0.332 e. The Morgan fingerprint density at radius 3 is 2.93 bits per heavy atom. The summed E-state index contributed by atoms with van der Waals surface area (Å²) >= 11 is 0. The summed E-state index contributed by atoms with van der Waals surface area (Å²) in [5.41, 5.74) is 1.29. The van der Waals surface area contributed by atoms with Crippen LogP contribution >= 0.6 is 0 Å². The van der Waals surface area contributed by atoms with E-state index in [2.05, 4.69) is 20.3 Å². The highest BCUT2D eigenvalue weighted by molar-refractivity contribution is 5.46. The second-order valence-electron chi connectivity index (χ2n) is 3.05. The fourth-order valence-electron chi connectivity index (χ4n) is 1.11. The summed E-state index contributed by atoms with van der Waals surface area (Å²) in [6.45, 7) is 1.81. The Hall–Kier alpha value is -1.79. The van der Waals surface area contributed by atoms with Crippen LogP contribution in [0.1, 0.15) is 11.5 Å². The number of hydrogen-bond donors (Lipinski definition) is 1. The monoisotopic (exact) mass is 214 g/mol. The molecule has 7 heteroatoms. The lowest BCUT2D eigenvalue weighted by Gasteiger charge is -1.88. The first-order valence-corrected chi connectivity index (χ1v) is 4.28. The van der Waals surface area contributed by atoms with Crippen LogP contribution in [0.4, 0.5) is 8.78 Å². The Kier molecular flexibility index (Phi) is 2.44. The van der Waals surface area contributed by atoms with Gasteiger partial charge in [-0.3, -0.25) is 5.10 Å². The van der Waals surface area contributed by atoms with Crippen LogP contribution in [0.5, 0.6) is 0 Å².